The Balaban J connectivity index is 1.30. The number of anilines is 1. The second-order valence-corrected chi connectivity index (χ2v) is 11.3. The summed E-state index contributed by atoms with van der Waals surface area (Å²) in [5, 5.41) is 3.18. The van der Waals surface area contributed by atoms with Gasteiger partial charge in [-0.25, -0.2) is 14.4 Å². The van der Waals surface area contributed by atoms with Gasteiger partial charge in [-0.2, -0.15) is 0 Å². The summed E-state index contributed by atoms with van der Waals surface area (Å²) in [7, 11) is 0. The van der Waals surface area contributed by atoms with E-state index >= 15 is 0 Å². The third-order valence-electron chi connectivity index (χ3n) is 6.46. The maximum atomic E-state index is 13.3. The standard InChI is InChI=1S/C37H39NO8/c1-37(2,3)46-34(39)29-17-19-30(20-18-29)43-24-23-42-22-21-38-32-16-10-15-31(35(40)44-25-27-11-6-4-7-12-27)33(32)36(41)45-26-28-13-8-5-9-14-28/h4-20,38H,21-26H2,1-3H3. The van der Waals surface area contributed by atoms with Crippen LogP contribution in [0.1, 0.15) is 63.0 Å². The quantitative estimate of drug-likeness (QED) is 0.0860. The zero-order valence-electron chi connectivity index (χ0n) is 26.3. The number of carbonyl (C=O) groups excluding carboxylic acids is 3. The molecule has 0 spiro atoms. The third-order valence-corrected chi connectivity index (χ3v) is 6.46. The molecule has 4 rings (SSSR count). The van der Waals surface area contributed by atoms with E-state index in [0.717, 1.165) is 11.1 Å². The van der Waals surface area contributed by atoms with Gasteiger partial charge in [0.05, 0.1) is 29.9 Å². The molecule has 4 aromatic rings. The minimum absolute atomic E-state index is 0.0549. The molecule has 46 heavy (non-hydrogen) atoms. The highest BCUT2D eigenvalue weighted by molar-refractivity contribution is 6.07. The van der Waals surface area contributed by atoms with Crippen LogP contribution >= 0.6 is 0 Å². The second kappa shape index (κ2) is 16.8. The van der Waals surface area contributed by atoms with Crippen molar-refractivity contribution in [3.63, 3.8) is 0 Å². The van der Waals surface area contributed by atoms with E-state index in [4.69, 9.17) is 23.7 Å². The van der Waals surface area contributed by atoms with Crippen LogP contribution in [-0.2, 0) is 32.2 Å². The molecule has 4 aromatic carbocycles. The van der Waals surface area contributed by atoms with Crippen LogP contribution in [0, 0.1) is 0 Å². The summed E-state index contributed by atoms with van der Waals surface area (Å²) >= 11 is 0. The smallest absolute Gasteiger partial charge is 0.341 e. The molecule has 0 amide bonds. The van der Waals surface area contributed by atoms with Crippen LogP contribution in [0.15, 0.2) is 103 Å². The van der Waals surface area contributed by atoms with Crippen LogP contribution < -0.4 is 10.1 Å². The van der Waals surface area contributed by atoms with E-state index in [1.165, 1.54) is 0 Å². The van der Waals surface area contributed by atoms with Crippen LogP contribution in [0.25, 0.3) is 0 Å². The Hall–Kier alpha value is -5.15. The molecule has 0 fully saturated rings. The molecular weight excluding hydrogens is 586 g/mol. The number of benzene rings is 4. The lowest BCUT2D eigenvalue weighted by atomic mass is 10.0. The lowest BCUT2D eigenvalue weighted by Gasteiger charge is -2.19. The van der Waals surface area contributed by atoms with Crippen molar-refractivity contribution in [2.45, 2.75) is 39.6 Å². The summed E-state index contributed by atoms with van der Waals surface area (Å²) in [6, 6.07) is 30.3. The minimum atomic E-state index is -0.648. The fourth-order valence-corrected chi connectivity index (χ4v) is 4.29. The fourth-order valence-electron chi connectivity index (χ4n) is 4.29. The maximum absolute atomic E-state index is 13.3. The van der Waals surface area contributed by atoms with Crippen LogP contribution in [0.2, 0.25) is 0 Å². The van der Waals surface area contributed by atoms with E-state index in [-0.39, 0.29) is 24.3 Å². The van der Waals surface area contributed by atoms with E-state index in [0.29, 0.717) is 43.4 Å². The summed E-state index contributed by atoms with van der Waals surface area (Å²) in [6.45, 7) is 6.85. The van der Waals surface area contributed by atoms with E-state index < -0.39 is 23.5 Å². The Bertz CT molecular complexity index is 1570. The Labute approximate surface area is 269 Å². The Kier molecular flexibility index (Phi) is 12.3. The number of nitrogens with one attached hydrogen (secondary N) is 1. The molecule has 0 atom stereocenters. The number of hydrogen-bond donors (Lipinski definition) is 1. The lowest BCUT2D eigenvalue weighted by molar-refractivity contribution is 0.00689. The fraction of sp³-hybridized carbons (Fsp3) is 0.270. The van der Waals surface area contributed by atoms with Gasteiger partial charge in [0.25, 0.3) is 0 Å². The number of rotatable bonds is 15. The second-order valence-electron chi connectivity index (χ2n) is 11.3. The van der Waals surface area contributed by atoms with Gasteiger partial charge in [0.1, 0.15) is 31.2 Å². The van der Waals surface area contributed by atoms with Gasteiger partial charge in [0.15, 0.2) is 0 Å². The topological polar surface area (TPSA) is 109 Å². The largest absolute Gasteiger partial charge is 0.491 e. The van der Waals surface area contributed by atoms with Gasteiger partial charge in [-0.05, 0) is 68.3 Å². The van der Waals surface area contributed by atoms with Crippen molar-refractivity contribution in [2.75, 3.05) is 31.7 Å². The van der Waals surface area contributed by atoms with Gasteiger partial charge in [-0.15, -0.1) is 0 Å². The first kappa shape index (κ1) is 33.7. The SMILES string of the molecule is CC(C)(C)OC(=O)c1ccc(OCCOCCNc2cccc(C(=O)OCc3ccccc3)c2C(=O)OCc2ccccc2)cc1. The molecule has 1 N–H and O–H groups in total. The molecule has 0 unspecified atom stereocenters. The predicted octanol–water partition coefficient (Wildman–Crippen LogP) is 6.86. The maximum Gasteiger partial charge on any atom is 0.341 e. The molecule has 0 heterocycles. The van der Waals surface area contributed by atoms with Gasteiger partial charge in [0, 0.05) is 12.2 Å². The molecule has 0 aliphatic rings. The lowest BCUT2D eigenvalue weighted by Crippen LogP contribution is -2.23. The average Bonchev–Trinajstić information content (AvgIpc) is 3.06. The molecule has 0 saturated carbocycles. The molecule has 9 nitrogen and oxygen atoms in total. The highest BCUT2D eigenvalue weighted by Crippen LogP contribution is 2.24. The molecule has 240 valence electrons. The van der Waals surface area contributed by atoms with Gasteiger partial charge >= 0.3 is 17.9 Å². The Morgan fingerprint density at radius 3 is 1.85 bits per heavy atom. The van der Waals surface area contributed by atoms with Crippen LogP contribution in [0.3, 0.4) is 0 Å². The molecule has 9 heteroatoms. The minimum Gasteiger partial charge on any atom is -0.491 e. The Morgan fingerprint density at radius 2 is 1.24 bits per heavy atom. The van der Waals surface area contributed by atoms with Crippen molar-refractivity contribution in [1.29, 1.82) is 0 Å². The van der Waals surface area contributed by atoms with Crippen LogP contribution in [0.5, 0.6) is 5.75 Å². The summed E-state index contributed by atoms with van der Waals surface area (Å²) in [4.78, 5) is 38.6. The van der Waals surface area contributed by atoms with Gasteiger partial charge in [-0.3, -0.25) is 0 Å². The first-order valence-electron chi connectivity index (χ1n) is 15.0. The van der Waals surface area contributed by atoms with Gasteiger partial charge in [-0.1, -0.05) is 66.7 Å². The molecule has 0 aromatic heterocycles. The zero-order chi connectivity index (χ0) is 32.8. The first-order chi connectivity index (χ1) is 22.2. The normalized spacial score (nSPS) is 10.9. The molecular formula is C37H39NO8. The number of esters is 3. The van der Waals surface area contributed by atoms with E-state index in [1.54, 1.807) is 42.5 Å². The van der Waals surface area contributed by atoms with Crippen molar-refractivity contribution in [3.05, 3.63) is 131 Å². The monoisotopic (exact) mass is 625 g/mol. The zero-order valence-corrected chi connectivity index (χ0v) is 26.3. The summed E-state index contributed by atoms with van der Waals surface area (Å²) in [5.74, 6) is -1.07. The summed E-state index contributed by atoms with van der Waals surface area (Å²) < 4.78 is 27.9. The summed E-state index contributed by atoms with van der Waals surface area (Å²) in [5.41, 5.74) is 2.16. The van der Waals surface area contributed by atoms with Gasteiger partial charge < -0.3 is 29.0 Å². The highest BCUT2D eigenvalue weighted by atomic mass is 16.6. The Morgan fingerprint density at radius 1 is 0.630 bits per heavy atom. The van der Waals surface area contributed by atoms with Crippen molar-refractivity contribution in [3.8, 4) is 5.75 Å². The predicted molar refractivity (Wildman–Crippen MR) is 174 cm³/mol. The highest BCUT2D eigenvalue weighted by Gasteiger charge is 2.24. The molecule has 0 aliphatic heterocycles. The van der Waals surface area contributed by atoms with Crippen molar-refractivity contribution < 1.29 is 38.1 Å². The average molecular weight is 626 g/mol. The number of ether oxygens (including phenoxy) is 5. The van der Waals surface area contributed by atoms with Crippen molar-refractivity contribution in [1.82, 2.24) is 0 Å². The van der Waals surface area contributed by atoms with Crippen LogP contribution in [0.4, 0.5) is 5.69 Å². The molecule has 0 saturated heterocycles. The van der Waals surface area contributed by atoms with Crippen LogP contribution in [-0.4, -0.2) is 49.9 Å². The molecule has 0 aliphatic carbocycles. The third kappa shape index (κ3) is 10.8. The van der Waals surface area contributed by atoms with E-state index in [9.17, 15) is 14.4 Å². The molecule has 0 radical (unpaired) electrons. The van der Waals surface area contributed by atoms with E-state index in [2.05, 4.69) is 5.32 Å². The first-order valence-corrected chi connectivity index (χ1v) is 15.0. The molecule has 0 bridgehead atoms. The van der Waals surface area contributed by atoms with E-state index in [1.807, 2.05) is 81.4 Å². The van der Waals surface area contributed by atoms with Crippen molar-refractivity contribution >= 4 is 23.6 Å². The van der Waals surface area contributed by atoms with Crippen molar-refractivity contribution in [2.24, 2.45) is 0 Å². The number of carbonyl (C=O) groups is 3. The summed E-state index contributed by atoms with van der Waals surface area (Å²) in [6.07, 6.45) is 0. The number of hydrogen-bond acceptors (Lipinski definition) is 9. The van der Waals surface area contributed by atoms with Gasteiger partial charge in [0.2, 0.25) is 0 Å².